The molecule has 6 heteroatoms. The standard InChI is InChI=1S/C17H16BrN3OS/c1-20(12-15-7-8-16(18)23-15)17(22)14-5-3-13(4-6-14)11-21-10-2-9-19-21/h2-10H,11-12H2,1H3. The molecule has 0 aliphatic carbocycles. The van der Waals surface area contributed by atoms with Crippen LogP contribution in [-0.4, -0.2) is 27.6 Å². The number of halogens is 1. The van der Waals surface area contributed by atoms with Crippen molar-refractivity contribution in [2.45, 2.75) is 13.1 Å². The molecule has 118 valence electrons. The Hall–Kier alpha value is -1.92. The molecular formula is C17H16BrN3OS. The summed E-state index contributed by atoms with van der Waals surface area (Å²) in [7, 11) is 1.83. The Balaban J connectivity index is 1.64. The average Bonchev–Trinajstić information content (AvgIpc) is 3.19. The molecule has 3 rings (SSSR count). The molecule has 0 aliphatic heterocycles. The monoisotopic (exact) mass is 389 g/mol. The molecule has 1 amide bonds. The van der Waals surface area contributed by atoms with Crippen molar-refractivity contribution in [3.63, 3.8) is 0 Å². The van der Waals surface area contributed by atoms with Gasteiger partial charge in [0, 0.05) is 29.9 Å². The molecule has 3 aromatic rings. The van der Waals surface area contributed by atoms with E-state index in [4.69, 9.17) is 0 Å². The zero-order chi connectivity index (χ0) is 16.2. The number of rotatable bonds is 5. The Labute approximate surface area is 147 Å². The first kappa shape index (κ1) is 16.0. The Morgan fingerprint density at radius 2 is 2.04 bits per heavy atom. The van der Waals surface area contributed by atoms with Gasteiger partial charge >= 0.3 is 0 Å². The second-order valence-corrected chi connectivity index (χ2v) is 7.82. The van der Waals surface area contributed by atoms with Gasteiger partial charge in [0.15, 0.2) is 0 Å². The minimum Gasteiger partial charge on any atom is -0.337 e. The zero-order valence-corrected chi connectivity index (χ0v) is 15.0. The molecule has 0 saturated carbocycles. The van der Waals surface area contributed by atoms with Crippen LogP contribution in [0.5, 0.6) is 0 Å². The summed E-state index contributed by atoms with van der Waals surface area (Å²) in [5, 5.41) is 4.18. The van der Waals surface area contributed by atoms with Crippen LogP contribution in [0.3, 0.4) is 0 Å². The summed E-state index contributed by atoms with van der Waals surface area (Å²) < 4.78 is 2.94. The van der Waals surface area contributed by atoms with Gasteiger partial charge in [-0.2, -0.15) is 5.10 Å². The van der Waals surface area contributed by atoms with Gasteiger partial charge < -0.3 is 4.90 Å². The van der Waals surface area contributed by atoms with Gasteiger partial charge in [-0.05, 0) is 51.8 Å². The number of nitrogens with zero attached hydrogens (tertiary/aromatic N) is 3. The van der Waals surface area contributed by atoms with E-state index in [1.165, 1.54) is 0 Å². The summed E-state index contributed by atoms with van der Waals surface area (Å²) in [5.74, 6) is 0.0279. The highest BCUT2D eigenvalue weighted by Gasteiger charge is 2.13. The minimum absolute atomic E-state index is 0.0279. The highest BCUT2D eigenvalue weighted by Crippen LogP contribution is 2.23. The van der Waals surface area contributed by atoms with Crippen molar-refractivity contribution in [1.82, 2.24) is 14.7 Å². The van der Waals surface area contributed by atoms with Gasteiger partial charge in [-0.15, -0.1) is 11.3 Å². The molecule has 0 radical (unpaired) electrons. The van der Waals surface area contributed by atoms with Crippen LogP contribution in [0.1, 0.15) is 20.8 Å². The molecule has 0 saturated heterocycles. The lowest BCUT2D eigenvalue weighted by atomic mass is 10.1. The smallest absolute Gasteiger partial charge is 0.253 e. The van der Waals surface area contributed by atoms with E-state index in [9.17, 15) is 4.79 Å². The van der Waals surface area contributed by atoms with Crippen LogP contribution < -0.4 is 0 Å². The van der Waals surface area contributed by atoms with E-state index in [-0.39, 0.29) is 5.91 Å². The first-order valence-corrected chi connectivity index (χ1v) is 8.79. The minimum atomic E-state index is 0.0279. The molecule has 1 aromatic carbocycles. The molecule has 0 atom stereocenters. The Morgan fingerprint density at radius 1 is 1.26 bits per heavy atom. The molecule has 0 bridgehead atoms. The van der Waals surface area contributed by atoms with Crippen LogP contribution in [0.25, 0.3) is 0 Å². The molecule has 0 unspecified atom stereocenters. The molecule has 0 fully saturated rings. The highest BCUT2D eigenvalue weighted by atomic mass is 79.9. The van der Waals surface area contributed by atoms with Crippen molar-refractivity contribution in [3.05, 3.63) is 74.6 Å². The van der Waals surface area contributed by atoms with Crippen molar-refractivity contribution in [3.8, 4) is 0 Å². The fourth-order valence-electron chi connectivity index (χ4n) is 2.30. The number of hydrogen-bond donors (Lipinski definition) is 0. The van der Waals surface area contributed by atoms with Gasteiger partial charge in [-0.25, -0.2) is 0 Å². The van der Waals surface area contributed by atoms with Crippen LogP contribution >= 0.6 is 27.3 Å². The summed E-state index contributed by atoms with van der Waals surface area (Å²) in [6, 6.07) is 13.6. The van der Waals surface area contributed by atoms with Gasteiger partial charge in [0.05, 0.1) is 16.9 Å². The number of amides is 1. The highest BCUT2D eigenvalue weighted by molar-refractivity contribution is 9.11. The maximum Gasteiger partial charge on any atom is 0.253 e. The molecule has 23 heavy (non-hydrogen) atoms. The van der Waals surface area contributed by atoms with Crippen molar-refractivity contribution in [2.24, 2.45) is 0 Å². The first-order valence-electron chi connectivity index (χ1n) is 7.18. The van der Waals surface area contributed by atoms with Crippen LogP contribution in [0.4, 0.5) is 0 Å². The van der Waals surface area contributed by atoms with Crippen molar-refractivity contribution in [2.75, 3.05) is 7.05 Å². The van der Waals surface area contributed by atoms with E-state index >= 15 is 0 Å². The quantitative estimate of drug-likeness (QED) is 0.660. The third-order valence-electron chi connectivity index (χ3n) is 3.47. The maximum atomic E-state index is 12.5. The molecule has 0 spiro atoms. The number of benzene rings is 1. The van der Waals surface area contributed by atoms with Gasteiger partial charge in [0.2, 0.25) is 0 Å². The van der Waals surface area contributed by atoms with Gasteiger partial charge in [-0.1, -0.05) is 12.1 Å². The fraction of sp³-hybridized carbons (Fsp3) is 0.176. The predicted molar refractivity (Wildman–Crippen MR) is 95.6 cm³/mol. The largest absolute Gasteiger partial charge is 0.337 e. The van der Waals surface area contributed by atoms with E-state index in [0.29, 0.717) is 18.7 Å². The molecule has 4 nitrogen and oxygen atoms in total. The Kier molecular flexibility index (Phi) is 4.93. The lowest BCUT2D eigenvalue weighted by molar-refractivity contribution is 0.0786. The summed E-state index contributed by atoms with van der Waals surface area (Å²) in [5.41, 5.74) is 1.82. The predicted octanol–water partition coefficient (Wildman–Crippen LogP) is 4.03. The number of thiophene rings is 1. The van der Waals surface area contributed by atoms with E-state index < -0.39 is 0 Å². The van der Waals surface area contributed by atoms with E-state index in [2.05, 4.69) is 21.0 Å². The normalized spacial score (nSPS) is 10.7. The number of hydrogen-bond acceptors (Lipinski definition) is 3. The second-order valence-electron chi connectivity index (χ2n) is 5.27. The summed E-state index contributed by atoms with van der Waals surface area (Å²) in [4.78, 5) is 15.4. The SMILES string of the molecule is CN(Cc1ccc(Br)s1)C(=O)c1ccc(Cn2cccn2)cc1. The number of carbonyl (C=O) groups excluding carboxylic acids is 1. The maximum absolute atomic E-state index is 12.5. The zero-order valence-electron chi connectivity index (χ0n) is 12.6. The Bertz CT molecular complexity index is 781. The van der Waals surface area contributed by atoms with Crippen molar-refractivity contribution in [1.29, 1.82) is 0 Å². The van der Waals surface area contributed by atoms with Crippen LogP contribution in [0.15, 0.2) is 58.6 Å². The molecule has 0 N–H and O–H groups in total. The van der Waals surface area contributed by atoms with E-state index in [1.54, 1.807) is 22.4 Å². The van der Waals surface area contributed by atoms with Gasteiger partial charge in [0.1, 0.15) is 0 Å². The van der Waals surface area contributed by atoms with Crippen molar-refractivity contribution < 1.29 is 4.79 Å². The molecule has 2 heterocycles. The number of carbonyl (C=O) groups is 1. The summed E-state index contributed by atoms with van der Waals surface area (Å²) in [6.45, 7) is 1.32. The Morgan fingerprint density at radius 3 is 2.65 bits per heavy atom. The fourth-order valence-corrected chi connectivity index (χ4v) is 3.83. The van der Waals surface area contributed by atoms with Crippen LogP contribution in [0.2, 0.25) is 0 Å². The van der Waals surface area contributed by atoms with Crippen LogP contribution in [0, 0.1) is 0 Å². The third kappa shape index (κ3) is 4.09. The third-order valence-corrected chi connectivity index (χ3v) is 5.08. The molecule has 0 aliphatic rings. The second kappa shape index (κ2) is 7.10. The van der Waals surface area contributed by atoms with Gasteiger partial charge in [0.25, 0.3) is 5.91 Å². The lowest BCUT2D eigenvalue weighted by Crippen LogP contribution is -2.25. The molecule has 2 aromatic heterocycles. The van der Waals surface area contributed by atoms with Crippen molar-refractivity contribution >= 4 is 33.2 Å². The average molecular weight is 390 g/mol. The van der Waals surface area contributed by atoms with E-state index in [1.807, 2.05) is 60.4 Å². The van der Waals surface area contributed by atoms with E-state index in [0.717, 1.165) is 14.2 Å². The lowest BCUT2D eigenvalue weighted by Gasteiger charge is -2.16. The summed E-state index contributed by atoms with van der Waals surface area (Å²) >= 11 is 5.09. The first-order chi connectivity index (χ1) is 11.1. The van der Waals surface area contributed by atoms with Crippen LogP contribution in [-0.2, 0) is 13.1 Å². The topological polar surface area (TPSA) is 38.1 Å². The molecular weight excluding hydrogens is 374 g/mol. The van der Waals surface area contributed by atoms with Gasteiger partial charge in [-0.3, -0.25) is 9.48 Å². The summed E-state index contributed by atoms with van der Waals surface area (Å²) in [6.07, 6.45) is 3.68. The number of aromatic nitrogens is 2.